The van der Waals surface area contributed by atoms with Crippen molar-refractivity contribution in [2.75, 3.05) is 24.7 Å². The fourth-order valence-corrected chi connectivity index (χ4v) is 2.69. The van der Waals surface area contributed by atoms with Gasteiger partial charge in [0.15, 0.2) is 5.03 Å². The molecule has 1 aromatic heterocycles. The van der Waals surface area contributed by atoms with Crippen LogP contribution in [0.5, 0.6) is 0 Å². The van der Waals surface area contributed by atoms with E-state index in [0.29, 0.717) is 16.7 Å². The minimum Gasteiger partial charge on any atom is -0.377 e. The molecule has 2 rings (SSSR count). The molecule has 0 spiro atoms. The second kappa shape index (κ2) is 5.96. The van der Waals surface area contributed by atoms with Crippen molar-refractivity contribution < 1.29 is 9.66 Å². The van der Waals surface area contributed by atoms with Crippen molar-refractivity contribution in [3.05, 3.63) is 16.3 Å². The Labute approximate surface area is 108 Å². The molecule has 98 valence electrons. The highest BCUT2D eigenvalue weighted by atomic mass is 32.2. The topological polar surface area (TPSA) is 90.2 Å². The van der Waals surface area contributed by atoms with Crippen LogP contribution in [0.15, 0.2) is 11.2 Å². The predicted octanol–water partition coefficient (Wildman–Crippen LogP) is 1.70. The van der Waals surface area contributed by atoms with E-state index in [9.17, 15) is 10.1 Å². The molecule has 18 heavy (non-hydrogen) atoms. The van der Waals surface area contributed by atoms with Gasteiger partial charge >= 0.3 is 5.69 Å². The van der Waals surface area contributed by atoms with E-state index in [-0.39, 0.29) is 11.8 Å². The Morgan fingerprint density at radius 2 is 2.56 bits per heavy atom. The summed E-state index contributed by atoms with van der Waals surface area (Å²) in [7, 11) is 1.68. The first-order chi connectivity index (χ1) is 8.70. The first kappa shape index (κ1) is 13.0. The van der Waals surface area contributed by atoms with Gasteiger partial charge in [-0.3, -0.25) is 10.1 Å². The van der Waals surface area contributed by atoms with Crippen molar-refractivity contribution in [3.63, 3.8) is 0 Å². The monoisotopic (exact) mass is 270 g/mol. The van der Waals surface area contributed by atoms with Gasteiger partial charge in [-0.15, -0.1) is 0 Å². The Kier molecular flexibility index (Phi) is 4.32. The highest BCUT2D eigenvalue weighted by Crippen LogP contribution is 2.29. The molecule has 1 aliphatic rings. The average Bonchev–Trinajstić information content (AvgIpc) is 2.88. The molecule has 0 aliphatic carbocycles. The van der Waals surface area contributed by atoms with Crippen molar-refractivity contribution in [2.24, 2.45) is 0 Å². The van der Waals surface area contributed by atoms with Crippen LogP contribution in [0.3, 0.4) is 0 Å². The number of anilines is 1. The Morgan fingerprint density at radius 3 is 3.17 bits per heavy atom. The van der Waals surface area contributed by atoms with Gasteiger partial charge in [0.25, 0.3) is 0 Å². The van der Waals surface area contributed by atoms with Gasteiger partial charge in [-0.05, 0) is 12.8 Å². The molecule has 0 amide bonds. The van der Waals surface area contributed by atoms with Gasteiger partial charge in [0.2, 0.25) is 5.95 Å². The largest absolute Gasteiger partial charge is 0.377 e. The van der Waals surface area contributed by atoms with E-state index in [2.05, 4.69) is 15.3 Å². The third-order valence-electron chi connectivity index (χ3n) is 2.59. The molecule has 2 heterocycles. The van der Waals surface area contributed by atoms with Crippen LogP contribution in [0.25, 0.3) is 0 Å². The number of aromatic nitrogens is 2. The molecular weight excluding hydrogens is 256 g/mol. The fraction of sp³-hybridized carbons (Fsp3) is 0.600. The number of hydrogen-bond acceptors (Lipinski definition) is 7. The highest BCUT2D eigenvalue weighted by Gasteiger charge is 2.21. The first-order valence-electron chi connectivity index (χ1n) is 5.64. The maximum Gasteiger partial charge on any atom is 0.319 e. The minimum absolute atomic E-state index is 0.0583. The maximum absolute atomic E-state index is 10.9. The van der Waals surface area contributed by atoms with Crippen molar-refractivity contribution in [1.82, 2.24) is 9.97 Å². The van der Waals surface area contributed by atoms with Gasteiger partial charge in [0.05, 0.1) is 11.0 Å². The zero-order valence-electron chi connectivity index (χ0n) is 9.96. The summed E-state index contributed by atoms with van der Waals surface area (Å²) >= 11 is 1.34. The van der Waals surface area contributed by atoms with Crippen molar-refractivity contribution >= 4 is 23.4 Å². The summed E-state index contributed by atoms with van der Waals surface area (Å²) in [6, 6.07) is 0. The predicted molar refractivity (Wildman–Crippen MR) is 67.9 cm³/mol. The Balaban J connectivity index is 2.10. The Hall–Kier alpha value is -1.41. The molecule has 1 aromatic rings. The van der Waals surface area contributed by atoms with Gasteiger partial charge in [-0.2, -0.15) is 4.98 Å². The zero-order valence-corrected chi connectivity index (χ0v) is 10.8. The van der Waals surface area contributed by atoms with Crippen molar-refractivity contribution in [2.45, 2.75) is 24.0 Å². The molecule has 8 heteroatoms. The van der Waals surface area contributed by atoms with E-state index in [1.165, 1.54) is 18.0 Å². The standard InChI is InChI=1S/C10H14N4O3S/c1-11-10-12-5-8(14(15)16)9(13-10)18-6-7-3-2-4-17-7/h5,7H,2-4,6H2,1H3,(H,11,12,13). The summed E-state index contributed by atoms with van der Waals surface area (Å²) in [5.41, 5.74) is -0.0583. The summed E-state index contributed by atoms with van der Waals surface area (Å²) in [4.78, 5) is 18.4. The van der Waals surface area contributed by atoms with E-state index in [4.69, 9.17) is 4.74 Å². The van der Waals surface area contributed by atoms with Crippen LogP contribution < -0.4 is 5.32 Å². The van der Waals surface area contributed by atoms with Crippen LogP contribution >= 0.6 is 11.8 Å². The summed E-state index contributed by atoms with van der Waals surface area (Å²) in [5, 5.41) is 14.0. The molecule has 0 radical (unpaired) electrons. The number of nitrogens with one attached hydrogen (secondary N) is 1. The van der Waals surface area contributed by atoms with E-state index in [0.717, 1.165) is 19.4 Å². The summed E-state index contributed by atoms with van der Waals surface area (Å²) in [6.07, 6.45) is 3.46. The van der Waals surface area contributed by atoms with Gasteiger partial charge in [0.1, 0.15) is 6.20 Å². The van der Waals surface area contributed by atoms with Gasteiger partial charge in [-0.1, -0.05) is 11.8 Å². The molecule has 0 aromatic carbocycles. The lowest BCUT2D eigenvalue weighted by atomic mass is 10.3. The second-order valence-electron chi connectivity index (χ2n) is 3.84. The number of thioether (sulfide) groups is 1. The van der Waals surface area contributed by atoms with E-state index >= 15 is 0 Å². The normalized spacial score (nSPS) is 18.8. The number of hydrogen-bond donors (Lipinski definition) is 1. The molecule has 0 saturated carbocycles. The Morgan fingerprint density at radius 1 is 1.72 bits per heavy atom. The Bertz CT molecular complexity index is 437. The lowest BCUT2D eigenvalue weighted by Gasteiger charge is -2.08. The maximum atomic E-state index is 10.9. The highest BCUT2D eigenvalue weighted by molar-refractivity contribution is 7.99. The van der Waals surface area contributed by atoms with Crippen molar-refractivity contribution in [3.8, 4) is 0 Å². The molecule has 1 atom stereocenters. The number of nitrogens with zero attached hydrogens (tertiary/aromatic N) is 3. The number of nitro groups is 1. The van der Waals surface area contributed by atoms with Crippen LogP contribution in [-0.4, -0.2) is 40.4 Å². The average molecular weight is 270 g/mol. The lowest BCUT2D eigenvalue weighted by molar-refractivity contribution is -0.388. The second-order valence-corrected chi connectivity index (χ2v) is 4.85. The van der Waals surface area contributed by atoms with E-state index in [1.54, 1.807) is 7.05 Å². The molecule has 0 bridgehead atoms. The molecule has 1 unspecified atom stereocenters. The summed E-state index contributed by atoms with van der Waals surface area (Å²) < 4.78 is 5.48. The van der Waals surface area contributed by atoms with Crippen LogP contribution in [0.2, 0.25) is 0 Å². The third-order valence-corrected chi connectivity index (χ3v) is 3.70. The molecule has 1 fully saturated rings. The zero-order chi connectivity index (χ0) is 13.0. The lowest BCUT2D eigenvalue weighted by Crippen LogP contribution is -2.09. The summed E-state index contributed by atoms with van der Waals surface area (Å²) in [6.45, 7) is 0.777. The van der Waals surface area contributed by atoms with Gasteiger partial charge in [0, 0.05) is 19.4 Å². The van der Waals surface area contributed by atoms with Crippen LogP contribution in [0.1, 0.15) is 12.8 Å². The number of rotatable bonds is 5. The summed E-state index contributed by atoms with van der Waals surface area (Å²) in [5.74, 6) is 1.07. The molecule has 1 saturated heterocycles. The van der Waals surface area contributed by atoms with Crippen molar-refractivity contribution in [1.29, 1.82) is 0 Å². The number of ether oxygens (including phenoxy) is 1. The van der Waals surface area contributed by atoms with Crippen LogP contribution in [0.4, 0.5) is 11.6 Å². The van der Waals surface area contributed by atoms with Gasteiger partial charge in [-0.25, -0.2) is 4.98 Å². The van der Waals surface area contributed by atoms with E-state index < -0.39 is 4.92 Å². The minimum atomic E-state index is -0.461. The quantitative estimate of drug-likeness (QED) is 0.377. The van der Waals surface area contributed by atoms with Crippen LogP contribution in [0, 0.1) is 10.1 Å². The molecule has 1 N–H and O–H groups in total. The van der Waals surface area contributed by atoms with Gasteiger partial charge < -0.3 is 10.1 Å². The SMILES string of the molecule is CNc1ncc([N+](=O)[O-])c(SCC2CCCO2)n1. The molecular formula is C10H14N4O3S. The smallest absolute Gasteiger partial charge is 0.319 e. The molecule has 7 nitrogen and oxygen atoms in total. The molecule has 1 aliphatic heterocycles. The van der Waals surface area contributed by atoms with Crippen LogP contribution in [-0.2, 0) is 4.74 Å². The first-order valence-corrected chi connectivity index (χ1v) is 6.63. The fourth-order valence-electron chi connectivity index (χ4n) is 1.66. The third kappa shape index (κ3) is 3.08. The van der Waals surface area contributed by atoms with E-state index in [1.807, 2.05) is 0 Å².